The van der Waals surface area contributed by atoms with Crippen molar-refractivity contribution in [1.29, 1.82) is 0 Å². The first-order valence-corrected chi connectivity index (χ1v) is 11.5. The van der Waals surface area contributed by atoms with Gasteiger partial charge in [-0.2, -0.15) is 0 Å². The standard InChI is InChI=1S/C26H28NOP/c1-26(2,3)24-19-28-25(27-24)18-20-12-10-11-17-23(20)29(21-13-6-4-7-14-21)22-15-8-5-9-16-22/h4-17,24H,18-19H2,1-3H3/t24-/m0/s1. The molecule has 1 atom stereocenters. The van der Waals surface area contributed by atoms with Crippen LogP contribution in [0.25, 0.3) is 0 Å². The molecule has 0 radical (unpaired) electrons. The van der Waals surface area contributed by atoms with E-state index in [1.165, 1.54) is 21.5 Å². The number of nitrogens with zero attached hydrogens (tertiary/aromatic N) is 1. The minimum Gasteiger partial charge on any atom is -0.478 e. The molecule has 0 saturated heterocycles. The predicted molar refractivity (Wildman–Crippen MR) is 125 cm³/mol. The molecule has 0 N–H and O–H groups in total. The maximum Gasteiger partial charge on any atom is 0.188 e. The molecule has 1 aliphatic heterocycles. The maximum atomic E-state index is 6.00. The normalized spacial score (nSPS) is 16.6. The molecule has 0 bridgehead atoms. The molecule has 4 rings (SSSR count). The lowest BCUT2D eigenvalue weighted by Gasteiger charge is -2.22. The first-order valence-electron chi connectivity index (χ1n) is 10.2. The van der Waals surface area contributed by atoms with Crippen LogP contribution in [0.2, 0.25) is 0 Å². The molecule has 0 unspecified atom stereocenters. The molecule has 3 aromatic carbocycles. The van der Waals surface area contributed by atoms with Crippen LogP contribution in [0.3, 0.4) is 0 Å². The molecule has 0 aromatic heterocycles. The fourth-order valence-electron chi connectivity index (χ4n) is 3.59. The minimum atomic E-state index is -0.631. The zero-order valence-electron chi connectivity index (χ0n) is 17.4. The summed E-state index contributed by atoms with van der Waals surface area (Å²) in [6.45, 7) is 7.37. The van der Waals surface area contributed by atoms with Gasteiger partial charge in [0.15, 0.2) is 5.90 Å². The molecule has 148 valence electrons. The summed E-state index contributed by atoms with van der Waals surface area (Å²) in [6.07, 6.45) is 0.751. The van der Waals surface area contributed by atoms with E-state index in [9.17, 15) is 0 Å². The molecule has 3 aromatic rings. The molecular formula is C26H28NOP. The van der Waals surface area contributed by atoms with Crippen molar-refractivity contribution >= 4 is 29.7 Å². The number of hydrogen-bond donors (Lipinski definition) is 0. The Hall–Kier alpha value is -2.44. The molecule has 0 aliphatic carbocycles. The fourth-order valence-corrected chi connectivity index (χ4v) is 6.06. The average Bonchev–Trinajstić information content (AvgIpc) is 3.20. The molecule has 2 nitrogen and oxygen atoms in total. The van der Waals surface area contributed by atoms with Crippen molar-refractivity contribution in [3.8, 4) is 0 Å². The number of rotatable bonds is 5. The van der Waals surface area contributed by atoms with E-state index in [1.807, 2.05) is 0 Å². The van der Waals surface area contributed by atoms with Gasteiger partial charge in [0, 0.05) is 6.42 Å². The van der Waals surface area contributed by atoms with Gasteiger partial charge >= 0.3 is 0 Å². The minimum absolute atomic E-state index is 0.127. The van der Waals surface area contributed by atoms with E-state index in [-0.39, 0.29) is 11.5 Å². The van der Waals surface area contributed by atoms with Crippen LogP contribution in [-0.2, 0) is 11.2 Å². The Bertz CT molecular complexity index is 937. The predicted octanol–water partition coefficient (Wildman–Crippen LogP) is 4.83. The molecule has 0 saturated carbocycles. The third kappa shape index (κ3) is 4.60. The van der Waals surface area contributed by atoms with Gasteiger partial charge in [-0.1, -0.05) is 106 Å². The van der Waals surface area contributed by atoms with Gasteiger partial charge in [-0.05, 0) is 34.8 Å². The van der Waals surface area contributed by atoms with Crippen LogP contribution in [0.15, 0.2) is 89.9 Å². The first kappa shape index (κ1) is 19.9. The van der Waals surface area contributed by atoms with Gasteiger partial charge in [-0.25, -0.2) is 4.99 Å². The lowest BCUT2D eigenvalue weighted by molar-refractivity contribution is 0.233. The Labute approximate surface area is 175 Å². The second-order valence-corrected chi connectivity index (χ2v) is 10.7. The van der Waals surface area contributed by atoms with E-state index < -0.39 is 7.92 Å². The van der Waals surface area contributed by atoms with Crippen LogP contribution in [0.4, 0.5) is 0 Å². The zero-order valence-corrected chi connectivity index (χ0v) is 18.3. The van der Waals surface area contributed by atoms with E-state index in [2.05, 4.69) is 106 Å². The molecule has 0 fully saturated rings. The zero-order chi connectivity index (χ0) is 20.3. The highest BCUT2D eigenvalue weighted by Crippen LogP contribution is 2.34. The smallest absolute Gasteiger partial charge is 0.188 e. The van der Waals surface area contributed by atoms with Gasteiger partial charge < -0.3 is 4.74 Å². The largest absolute Gasteiger partial charge is 0.478 e. The number of ether oxygens (including phenoxy) is 1. The monoisotopic (exact) mass is 401 g/mol. The van der Waals surface area contributed by atoms with E-state index in [0.29, 0.717) is 6.61 Å². The van der Waals surface area contributed by atoms with Crippen molar-refractivity contribution in [2.75, 3.05) is 6.61 Å². The van der Waals surface area contributed by atoms with Gasteiger partial charge in [0.2, 0.25) is 0 Å². The van der Waals surface area contributed by atoms with E-state index in [4.69, 9.17) is 9.73 Å². The van der Waals surface area contributed by atoms with Crippen LogP contribution >= 0.6 is 7.92 Å². The Morgan fingerprint density at radius 1 is 0.828 bits per heavy atom. The van der Waals surface area contributed by atoms with Crippen molar-refractivity contribution in [2.45, 2.75) is 33.2 Å². The van der Waals surface area contributed by atoms with E-state index in [1.54, 1.807) is 0 Å². The van der Waals surface area contributed by atoms with Crippen LogP contribution in [0.5, 0.6) is 0 Å². The quantitative estimate of drug-likeness (QED) is 0.561. The summed E-state index contributed by atoms with van der Waals surface area (Å²) in [4.78, 5) is 4.90. The summed E-state index contributed by atoms with van der Waals surface area (Å²) in [7, 11) is -0.631. The van der Waals surface area contributed by atoms with Gasteiger partial charge in [0.05, 0.1) is 6.04 Å². The highest BCUT2D eigenvalue weighted by Gasteiger charge is 2.30. The summed E-state index contributed by atoms with van der Waals surface area (Å²) in [5.41, 5.74) is 1.43. The van der Waals surface area contributed by atoms with Crippen molar-refractivity contribution in [1.82, 2.24) is 0 Å². The number of aliphatic imine (C=N–C) groups is 1. The molecule has 0 amide bonds. The van der Waals surface area contributed by atoms with Crippen LogP contribution in [-0.4, -0.2) is 18.5 Å². The molecule has 1 heterocycles. The Morgan fingerprint density at radius 2 is 1.38 bits per heavy atom. The van der Waals surface area contributed by atoms with Crippen LogP contribution < -0.4 is 15.9 Å². The van der Waals surface area contributed by atoms with Gasteiger partial charge in [0.25, 0.3) is 0 Å². The Kier molecular flexibility index (Phi) is 5.83. The molecule has 0 spiro atoms. The SMILES string of the molecule is CC(C)(C)[C@@H]1COC(Cc2ccccc2P(c2ccccc2)c2ccccc2)=N1. The van der Waals surface area contributed by atoms with Crippen molar-refractivity contribution in [3.63, 3.8) is 0 Å². The van der Waals surface area contributed by atoms with Crippen molar-refractivity contribution in [3.05, 3.63) is 90.5 Å². The number of hydrogen-bond acceptors (Lipinski definition) is 2. The first-order chi connectivity index (χ1) is 14.0. The lowest BCUT2D eigenvalue weighted by Crippen LogP contribution is -2.25. The Balaban J connectivity index is 1.72. The van der Waals surface area contributed by atoms with Crippen molar-refractivity contribution < 1.29 is 4.74 Å². The molecular weight excluding hydrogens is 373 g/mol. The maximum absolute atomic E-state index is 6.00. The second-order valence-electron chi connectivity index (χ2n) is 8.53. The third-order valence-electron chi connectivity index (χ3n) is 5.31. The molecule has 3 heteroatoms. The molecule has 29 heavy (non-hydrogen) atoms. The second kappa shape index (κ2) is 8.51. The van der Waals surface area contributed by atoms with Crippen LogP contribution in [0, 0.1) is 5.41 Å². The third-order valence-corrected chi connectivity index (χ3v) is 7.86. The van der Waals surface area contributed by atoms with E-state index in [0.717, 1.165) is 12.3 Å². The summed E-state index contributed by atoms with van der Waals surface area (Å²) >= 11 is 0. The van der Waals surface area contributed by atoms with Gasteiger partial charge in [-0.15, -0.1) is 0 Å². The average molecular weight is 401 g/mol. The highest BCUT2D eigenvalue weighted by atomic mass is 31.1. The summed E-state index contributed by atoms with van der Waals surface area (Å²) in [5.74, 6) is 0.869. The fraction of sp³-hybridized carbons (Fsp3) is 0.269. The van der Waals surface area contributed by atoms with Crippen molar-refractivity contribution in [2.24, 2.45) is 10.4 Å². The summed E-state index contributed by atoms with van der Waals surface area (Å²) < 4.78 is 6.00. The topological polar surface area (TPSA) is 21.6 Å². The lowest BCUT2D eigenvalue weighted by atomic mass is 9.88. The molecule has 1 aliphatic rings. The van der Waals surface area contributed by atoms with Crippen LogP contribution in [0.1, 0.15) is 26.3 Å². The Morgan fingerprint density at radius 3 is 1.93 bits per heavy atom. The van der Waals surface area contributed by atoms with E-state index >= 15 is 0 Å². The van der Waals surface area contributed by atoms with Gasteiger partial charge in [0.1, 0.15) is 6.61 Å². The van der Waals surface area contributed by atoms with Gasteiger partial charge in [-0.3, -0.25) is 0 Å². The highest BCUT2D eigenvalue weighted by molar-refractivity contribution is 7.79. The summed E-state index contributed by atoms with van der Waals surface area (Å²) in [5, 5.41) is 4.11. The summed E-state index contributed by atoms with van der Waals surface area (Å²) in [6, 6.07) is 30.7. The number of benzene rings is 3.